The van der Waals surface area contributed by atoms with Crippen LogP contribution in [0.15, 0.2) is 30.0 Å². The molecular weight excluding hydrogens is 264 g/mol. The molecule has 0 fully saturated rings. The summed E-state index contributed by atoms with van der Waals surface area (Å²) in [6, 6.07) is 4.52. The Kier molecular flexibility index (Phi) is 3.90. The van der Waals surface area contributed by atoms with Crippen molar-refractivity contribution in [2.45, 2.75) is 0 Å². The maximum atomic E-state index is 11.9. The molecule has 2 rings (SSSR count). The minimum atomic E-state index is -0.542. The number of benzene rings is 1. The Morgan fingerprint density at radius 1 is 1.35 bits per heavy atom. The van der Waals surface area contributed by atoms with Crippen LogP contribution in [0, 0.1) is 0 Å². The number of aliphatic hydroxyl groups excluding tert-OH is 1. The average Bonchev–Trinajstić information content (AvgIpc) is 2.69. The maximum absolute atomic E-state index is 11.9. The van der Waals surface area contributed by atoms with Crippen molar-refractivity contribution in [3.8, 4) is 11.5 Å². The van der Waals surface area contributed by atoms with Crippen LogP contribution in [0.1, 0.15) is 0 Å². The third-order valence-electron chi connectivity index (χ3n) is 2.81. The zero-order chi connectivity index (χ0) is 14.7. The molecular formula is C13H14N2O5. The number of anilines is 1. The van der Waals surface area contributed by atoms with Crippen molar-refractivity contribution < 1.29 is 24.5 Å². The quantitative estimate of drug-likeness (QED) is 0.520. The molecule has 7 nitrogen and oxygen atoms in total. The molecule has 1 heterocycles. The fourth-order valence-electron chi connectivity index (χ4n) is 1.80. The second-order valence-electron chi connectivity index (χ2n) is 4.08. The van der Waals surface area contributed by atoms with Crippen molar-refractivity contribution in [3.63, 3.8) is 0 Å². The van der Waals surface area contributed by atoms with E-state index in [1.54, 1.807) is 6.07 Å². The molecule has 20 heavy (non-hydrogen) atoms. The standard InChI is InChI=1S/C13H14N2O5/c1-20-8-2-3-9(11(17)6-8)14-10-7-12(18)15(4-5-16)13(10)19/h2-3,6-7,14,16-17H,4-5H2,1H3. The van der Waals surface area contributed by atoms with Gasteiger partial charge in [-0.1, -0.05) is 0 Å². The smallest absolute Gasteiger partial charge is 0.277 e. The molecule has 0 saturated carbocycles. The van der Waals surface area contributed by atoms with E-state index >= 15 is 0 Å². The average molecular weight is 278 g/mol. The molecule has 106 valence electrons. The van der Waals surface area contributed by atoms with Crippen LogP contribution in [0.3, 0.4) is 0 Å². The van der Waals surface area contributed by atoms with Gasteiger partial charge in [-0.15, -0.1) is 0 Å². The third-order valence-corrected chi connectivity index (χ3v) is 2.81. The molecule has 7 heteroatoms. The fourth-order valence-corrected chi connectivity index (χ4v) is 1.80. The highest BCUT2D eigenvalue weighted by Gasteiger charge is 2.30. The van der Waals surface area contributed by atoms with Crippen LogP contribution in [0.25, 0.3) is 0 Å². The summed E-state index contributed by atoms with van der Waals surface area (Å²) in [6.45, 7) is -0.361. The van der Waals surface area contributed by atoms with Gasteiger partial charge in [0.15, 0.2) is 0 Å². The number of methoxy groups -OCH3 is 1. The molecule has 1 aliphatic rings. The minimum absolute atomic E-state index is 0.0453. The first-order chi connectivity index (χ1) is 9.56. The number of phenols is 1. The Labute approximate surface area is 115 Å². The van der Waals surface area contributed by atoms with Crippen LogP contribution < -0.4 is 10.1 Å². The van der Waals surface area contributed by atoms with Crippen molar-refractivity contribution in [2.75, 3.05) is 25.6 Å². The van der Waals surface area contributed by atoms with Crippen LogP contribution in [0.4, 0.5) is 5.69 Å². The van der Waals surface area contributed by atoms with Gasteiger partial charge in [-0.2, -0.15) is 0 Å². The number of imide groups is 1. The number of phenolic OH excluding ortho intramolecular Hbond substituents is 1. The topological polar surface area (TPSA) is 99.1 Å². The number of carbonyl (C=O) groups is 2. The fraction of sp³-hybridized carbons (Fsp3) is 0.231. The molecule has 0 aliphatic carbocycles. The van der Waals surface area contributed by atoms with Gasteiger partial charge in [0.05, 0.1) is 25.9 Å². The number of amides is 2. The van der Waals surface area contributed by atoms with Crippen molar-refractivity contribution in [1.82, 2.24) is 4.90 Å². The lowest BCUT2D eigenvalue weighted by Gasteiger charge is -2.14. The van der Waals surface area contributed by atoms with E-state index in [-0.39, 0.29) is 30.3 Å². The number of rotatable bonds is 5. The van der Waals surface area contributed by atoms with E-state index in [1.165, 1.54) is 19.2 Å². The van der Waals surface area contributed by atoms with Gasteiger partial charge in [0.25, 0.3) is 11.8 Å². The highest BCUT2D eigenvalue weighted by Crippen LogP contribution is 2.29. The number of hydrogen-bond acceptors (Lipinski definition) is 6. The SMILES string of the molecule is COc1ccc(NC2=CC(=O)N(CCO)C2=O)c(O)c1. The van der Waals surface area contributed by atoms with E-state index in [2.05, 4.69) is 5.32 Å². The summed E-state index contributed by atoms with van der Waals surface area (Å²) in [7, 11) is 1.47. The summed E-state index contributed by atoms with van der Waals surface area (Å²) in [5, 5.41) is 21.3. The summed E-state index contributed by atoms with van der Waals surface area (Å²) in [5.41, 5.74) is 0.327. The van der Waals surface area contributed by atoms with E-state index in [1.807, 2.05) is 0 Å². The van der Waals surface area contributed by atoms with Gasteiger partial charge in [0.2, 0.25) is 0 Å². The van der Waals surface area contributed by atoms with Crippen LogP contribution >= 0.6 is 0 Å². The Morgan fingerprint density at radius 3 is 2.70 bits per heavy atom. The molecule has 3 N–H and O–H groups in total. The molecule has 0 spiro atoms. The number of ether oxygens (including phenoxy) is 1. The van der Waals surface area contributed by atoms with Gasteiger partial charge in [-0.3, -0.25) is 14.5 Å². The number of nitrogens with zero attached hydrogens (tertiary/aromatic N) is 1. The van der Waals surface area contributed by atoms with E-state index in [4.69, 9.17) is 9.84 Å². The van der Waals surface area contributed by atoms with Gasteiger partial charge < -0.3 is 20.3 Å². The predicted octanol–water partition coefficient (Wildman–Crippen LogP) is 0.0577. The molecule has 0 saturated heterocycles. The molecule has 1 aliphatic heterocycles. The lowest BCUT2D eigenvalue weighted by atomic mass is 10.2. The van der Waals surface area contributed by atoms with Gasteiger partial charge in [0.1, 0.15) is 17.2 Å². The maximum Gasteiger partial charge on any atom is 0.277 e. The highest BCUT2D eigenvalue weighted by atomic mass is 16.5. The van der Waals surface area contributed by atoms with Crippen LogP contribution in [0.5, 0.6) is 11.5 Å². The second-order valence-corrected chi connectivity index (χ2v) is 4.08. The lowest BCUT2D eigenvalue weighted by molar-refractivity contribution is -0.137. The number of nitrogens with one attached hydrogen (secondary N) is 1. The van der Waals surface area contributed by atoms with Crippen molar-refractivity contribution in [1.29, 1.82) is 0 Å². The largest absolute Gasteiger partial charge is 0.506 e. The Balaban J connectivity index is 2.17. The highest BCUT2D eigenvalue weighted by molar-refractivity contribution is 6.17. The molecule has 1 aromatic rings. The molecule has 1 aromatic carbocycles. The number of carbonyl (C=O) groups excluding carboxylic acids is 2. The first-order valence-corrected chi connectivity index (χ1v) is 5.89. The monoisotopic (exact) mass is 278 g/mol. The number of hydrogen-bond donors (Lipinski definition) is 3. The van der Waals surface area contributed by atoms with Gasteiger partial charge >= 0.3 is 0 Å². The van der Waals surface area contributed by atoms with E-state index in [9.17, 15) is 14.7 Å². The molecule has 2 amide bonds. The Bertz CT molecular complexity index is 582. The molecule has 0 unspecified atom stereocenters. The zero-order valence-corrected chi connectivity index (χ0v) is 10.8. The molecule has 0 atom stereocenters. The third kappa shape index (κ3) is 2.57. The molecule has 0 aromatic heterocycles. The predicted molar refractivity (Wildman–Crippen MR) is 70.2 cm³/mol. The lowest BCUT2D eigenvalue weighted by Crippen LogP contribution is -2.34. The first kappa shape index (κ1) is 13.9. The van der Waals surface area contributed by atoms with Crippen molar-refractivity contribution >= 4 is 17.5 Å². The van der Waals surface area contributed by atoms with Crippen LogP contribution in [0.2, 0.25) is 0 Å². The van der Waals surface area contributed by atoms with E-state index in [0.29, 0.717) is 5.75 Å². The van der Waals surface area contributed by atoms with Crippen LogP contribution in [-0.4, -0.2) is 47.2 Å². The summed E-state index contributed by atoms with van der Waals surface area (Å²) >= 11 is 0. The van der Waals surface area contributed by atoms with E-state index in [0.717, 1.165) is 11.0 Å². The Hall–Kier alpha value is -2.54. The first-order valence-electron chi connectivity index (χ1n) is 5.89. The molecule has 0 radical (unpaired) electrons. The van der Waals surface area contributed by atoms with Gasteiger partial charge in [-0.25, -0.2) is 0 Å². The minimum Gasteiger partial charge on any atom is -0.506 e. The van der Waals surface area contributed by atoms with Crippen molar-refractivity contribution in [2.24, 2.45) is 0 Å². The zero-order valence-electron chi connectivity index (χ0n) is 10.8. The van der Waals surface area contributed by atoms with Gasteiger partial charge in [-0.05, 0) is 12.1 Å². The summed E-state index contributed by atoms with van der Waals surface area (Å²) < 4.78 is 4.95. The number of aromatic hydroxyl groups is 1. The number of β-amino-alcohol motifs (C(OH)–C–C–N with tert-alkyl or cyclic N) is 1. The Morgan fingerprint density at radius 2 is 2.10 bits per heavy atom. The second kappa shape index (κ2) is 5.62. The summed E-state index contributed by atoms with van der Waals surface area (Å²) in [5.74, 6) is -0.678. The summed E-state index contributed by atoms with van der Waals surface area (Å²) in [4.78, 5) is 24.4. The van der Waals surface area contributed by atoms with Crippen LogP contribution in [-0.2, 0) is 9.59 Å². The normalized spacial score (nSPS) is 14.5. The number of aliphatic hydroxyl groups is 1. The van der Waals surface area contributed by atoms with Crippen molar-refractivity contribution in [3.05, 3.63) is 30.0 Å². The van der Waals surface area contributed by atoms with E-state index < -0.39 is 11.8 Å². The summed E-state index contributed by atoms with van der Waals surface area (Å²) in [6.07, 6.45) is 1.13. The van der Waals surface area contributed by atoms with Gasteiger partial charge in [0, 0.05) is 12.1 Å². The molecule has 0 bridgehead atoms.